The molecule has 0 fully saturated rings. The van der Waals surface area contributed by atoms with E-state index >= 15 is 0 Å². The summed E-state index contributed by atoms with van der Waals surface area (Å²) in [6.07, 6.45) is -4.70. The van der Waals surface area contributed by atoms with Crippen LogP contribution in [-0.4, -0.2) is 56.5 Å². The van der Waals surface area contributed by atoms with E-state index in [9.17, 15) is 26.4 Å². The standard InChI is InChI=1S/C29H33N3O8S2/c1-20(2)39-28(33)31(32(29(34)40-21(3)4)42(37,38)25-18-16-22(5)17-19-25)27(30)26(23-12-8-6-9-13-23)41(35,36)24-14-10-7-11-15-24/h6-21,26,30H,1-5H3. The molecule has 3 rings (SSSR count). The highest BCUT2D eigenvalue weighted by atomic mass is 32.2. The minimum Gasteiger partial charge on any atom is -0.445 e. The van der Waals surface area contributed by atoms with E-state index in [1.165, 1.54) is 100 Å². The number of ether oxygens (including phenoxy) is 2. The predicted molar refractivity (Wildman–Crippen MR) is 156 cm³/mol. The van der Waals surface area contributed by atoms with Crippen molar-refractivity contribution >= 4 is 37.9 Å². The van der Waals surface area contributed by atoms with Crippen LogP contribution in [0.15, 0.2) is 94.7 Å². The lowest BCUT2D eigenvalue weighted by molar-refractivity contribution is 0.0319. The van der Waals surface area contributed by atoms with Crippen molar-refractivity contribution in [3.8, 4) is 0 Å². The number of amidine groups is 1. The highest BCUT2D eigenvalue weighted by molar-refractivity contribution is 7.92. The lowest BCUT2D eigenvalue weighted by atomic mass is 10.1. The molecule has 2 amide bonds. The minimum absolute atomic E-state index is 0.0404. The molecule has 224 valence electrons. The van der Waals surface area contributed by atoms with Crippen LogP contribution in [0.4, 0.5) is 9.59 Å². The van der Waals surface area contributed by atoms with Crippen LogP contribution in [0.1, 0.15) is 44.1 Å². The molecule has 3 aromatic rings. The van der Waals surface area contributed by atoms with Gasteiger partial charge in [0, 0.05) is 0 Å². The number of benzene rings is 3. The molecule has 0 spiro atoms. The maximum Gasteiger partial charge on any atom is 0.444 e. The first-order valence-electron chi connectivity index (χ1n) is 12.9. The Labute approximate surface area is 246 Å². The third-order valence-corrected chi connectivity index (χ3v) is 9.37. The first-order chi connectivity index (χ1) is 19.7. The van der Waals surface area contributed by atoms with Crippen LogP contribution in [0.25, 0.3) is 0 Å². The lowest BCUT2D eigenvalue weighted by Crippen LogP contribution is -2.57. The van der Waals surface area contributed by atoms with Gasteiger partial charge in [-0.2, -0.15) is 13.4 Å². The molecule has 13 heteroatoms. The number of hydrogen-bond donors (Lipinski definition) is 1. The highest BCUT2D eigenvalue weighted by Crippen LogP contribution is 2.33. The molecule has 0 bridgehead atoms. The second-order valence-electron chi connectivity index (χ2n) is 9.77. The van der Waals surface area contributed by atoms with Crippen molar-refractivity contribution in [2.45, 2.75) is 61.9 Å². The van der Waals surface area contributed by atoms with E-state index in [0.717, 1.165) is 0 Å². The molecule has 42 heavy (non-hydrogen) atoms. The first-order valence-corrected chi connectivity index (χ1v) is 15.9. The lowest BCUT2D eigenvalue weighted by Gasteiger charge is -2.35. The second-order valence-corrected chi connectivity index (χ2v) is 13.6. The zero-order valence-electron chi connectivity index (χ0n) is 23.8. The largest absolute Gasteiger partial charge is 0.445 e. The normalized spacial score (nSPS) is 12.5. The zero-order valence-corrected chi connectivity index (χ0v) is 25.4. The van der Waals surface area contributed by atoms with Gasteiger partial charge in [-0.1, -0.05) is 70.6 Å². The molecule has 0 saturated carbocycles. The van der Waals surface area contributed by atoms with Gasteiger partial charge >= 0.3 is 12.2 Å². The number of hydrogen-bond acceptors (Lipinski definition) is 9. The second kappa shape index (κ2) is 13.2. The molecule has 0 radical (unpaired) electrons. The Morgan fingerprint density at radius 2 is 1.17 bits per heavy atom. The fourth-order valence-corrected chi connectivity index (χ4v) is 6.84. The molecule has 0 saturated heterocycles. The Bertz CT molecular complexity index is 1630. The number of aryl methyl sites for hydroxylation is 1. The third kappa shape index (κ3) is 7.15. The zero-order chi connectivity index (χ0) is 31.2. The number of sulfone groups is 1. The molecule has 0 aromatic heterocycles. The van der Waals surface area contributed by atoms with Crippen molar-refractivity contribution in [1.82, 2.24) is 9.42 Å². The Morgan fingerprint density at radius 3 is 1.67 bits per heavy atom. The monoisotopic (exact) mass is 615 g/mol. The van der Waals surface area contributed by atoms with Gasteiger partial charge in [-0.25, -0.2) is 18.0 Å². The maximum atomic E-state index is 14.0. The third-order valence-electron chi connectivity index (χ3n) is 5.69. The van der Waals surface area contributed by atoms with Gasteiger partial charge in [0.2, 0.25) is 0 Å². The minimum atomic E-state index is -4.97. The van der Waals surface area contributed by atoms with Gasteiger partial charge in [0.15, 0.2) is 20.9 Å². The molecule has 0 aliphatic carbocycles. The Balaban J connectivity index is 2.34. The molecule has 0 aliphatic rings. The Morgan fingerprint density at radius 1 is 0.690 bits per heavy atom. The van der Waals surface area contributed by atoms with Gasteiger partial charge in [-0.3, -0.25) is 5.41 Å². The average Bonchev–Trinajstić information content (AvgIpc) is 2.91. The molecule has 1 atom stereocenters. The van der Waals surface area contributed by atoms with Crippen LogP contribution in [0.2, 0.25) is 0 Å². The van der Waals surface area contributed by atoms with Gasteiger partial charge in [0.25, 0.3) is 10.0 Å². The van der Waals surface area contributed by atoms with Gasteiger partial charge in [-0.05, 0) is 64.4 Å². The van der Waals surface area contributed by atoms with Gasteiger partial charge < -0.3 is 9.47 Å². The summed E-state index contributed by atoms with van der Waals surface area (Å²) in [7, 11) is -9.47. The van der Waals surface area contributed by atoms with E-state index in [1.54, 1.807) is 19.1 Å². The van der Waals surface area contributed by atoms with E-state index in [1.807, 2.05) is 0 Å². The molecule has 1 unspecified atom stereocenters. The number of carbonyl (C=O) groups excluding carboxylic acids is 2. The van der Waals surface area contributed by atoms with E-state index in [4.69, 9.17) is 14.9 Å². The summed E-state index contributed by atoms with van der Waals surface area (Å²) >= 11 is 0. The van der Waals surface area contributed by atoms with E-state index in [0.29, 0.717) is 5.56 Å². The van der Waals surface area contributed by atoms with Crippen LogP contribution < -0.4 is 0 Å². The van der Waals surface area contributed by atoms with Crippen LogP contribution in [0.3, 0.4) is 0 Å². The number of rotatable bonds is 8. The number of carbonyl (C=O) groups is 2. The van der Waals surface area contributed by atoms with Crippen molar-refractivity contribution in [3.05, 3.63) is 96.1 Å². The molecule has 0 aliphatic heterocycles. The van der Waals surface area contributed by atoms with E-state index in [-0.39, 0.29) is 19.9 Å². The number of sulfonamides is 1. The molecule has 3 aromatic carbocycles. The molecule has 1 N–H and O–H groups in total. The Hall–Kier alpha value is -4.23. The number of nitrogens with one attached hydrogen (secondary N) is 1. The Kier molecular flexibility index (Phi) is 10.1. The molecular formula is C29H33N3O8S2. The summed E-state index contributed by atoms with van der Waals surface area (Å²) in [5.41, 5.74) is 0.755. The first kappa shape index (κ1) is 32.3. The summed E-state index contributed by atoms with van der Waals surface area (Å²) in [6.45, 7) is 7.59. The quantitative estimate of drug-likeness (QED) is 0.199. The smallest absolute Gasteiger partial charge is 0.444 e. The summed E-state index contributed by atoms with van der Waals surface area (Å²) in [5.74, 6) is -1.08. The molecule has 0 heterocycles. The van der Waals surface area contributed by atoms with Crippen molar-refractivity contribution in [2.24, 2.45) is 0 Å². The van der Waals surface area contributed by atoms with E-state index in [2.05, 4.69) is 0 Å². The van der Waals surface area contributed by atoms with Crippen molar-refractivity contribution in [3.63, 3.8) is 0 Å². The SMILES string of the molecule is Cc1ccc(S(=O)(=O)N(C(=O)OC(C)C)N(C(=N)C(c2ccccc2)S(=O)(=O)c2ccccc2)C(=O)OC(C)C)cc1. The highest BCUT2D eigenvalue weighted by Gasteiger charge is 2.47. The van der Waals surface area contributed by atoms with Crippen LogP contribution in [0, 0.1) is 12.3 Å². The fourth-order valence-electron chi connectivity index (χ4n) is 3.84. The number of amides is 2. The van der Waals surface area contributed by atoms with Crippen LogP contribution in [-0.2, 0) is 29.3 Å². The topological polar surface area (TPSA) is 151 Å². The van der Waals surface area contributed by atoms with E-state index < -0.39 is 60.2 Å². The maximum absolute atomic E-state index is 14.0. The summed E-state index contributed by atoms with van der Waals surface area (Å²) < 4.78 is 66.5. The summed E-state index contributed by atoms with van der Waals surface area (Å²) in [4.78, 5) is 26.5. The van der Waals surface area contributed by atoms with Crippen LogP contribution >= 0.6 is 0 Å². The van der Waals surface area contributed by atoms with Gasteiger partial charge in [0.05, 0.1) is 22.0 Å². The number of hydrazine groups is 1. The summed E-state index contributed by atoms with van der Waals surface area (Å²) in [5, 5.41) is 7.30. The van der Waals surface area contributed by atoms with Crippen molar-refractivity contribution in [1.29, 1.82) is 5.41 Å². The predicted octanol–water partition coefficient (Wildman–Crippen LogP) is 5.49. The summed E-state index contributed by atoms with van der Waals surface area (Å²) in [6, 6.07) is 20.1. The van der Waals surface area contributed by atoms with Crippen molar-refractivity contribution < 1.29 is 35.9 Å². The number of nitrogens with zero attached hydrogens (tertiary/aromatic N) is 2. The molecule has 11 nitrogen and oxygen atoms in total. The average molecular weight is 616 g/mol. The van der Waals surface area contributed by atoms with Crippen molar-refractivity contribution in [2.75, 3.05) is 0 Å². The van der Waals surface area contributed by atoms with Crippen LogP contribution in [0.5, 0.6) is 0 Å². The fraction of sp³-hybridized carbons (Fsp3) is 0.276. The van der Waals surface area contributed by atoms with Gasteiger partial charge in [0.1, 0.15) is 0 Å². The molecular weight excluding hydrogens is 582 g/mol. The van der Waals surface area contributed by atoms with Gasteiger partial charge in [-0.15, -0.1) is 0 Å².